The van der Waals surface area contributed by atoms with Crippen molar-refractivity contribution in [1.29, 1.82) is 0 Å². The first-order valence-electron chi connectivity index (χ1n) is 5.58. The minimum atomic E-state index is 0.0573. The van der Waals surface area contributed by atoms with E-state index in [1.807, 2.05) is 26.0 Å². The summed E-state index contributed by atoms with van der Waals surface area (Å²) in [6.45, 7) is 4.50. The molecular weight excluding hydrogens is 428 g/mol. The van der Waals surface area contributed by atoms with Crippen LogP contribution < -0.4 is 10.6 Å². The number of halogens is 3. The first kappa shape index (κ1) is 16.0. The number of amides is 1. The van der Waals surface area contributed by atoms with Crippen LogP contribution in [0.4, 0.5) is 5.69 Å². The predicted molar refractivity (Wildman–Crippen MR) is 85.9 cm³/mol. The first-order valence-corrected chi connectivity index (χ1v) is 7.96. The molecule has 0 fully saturated rings. The molecule has 1 amide bonds. The number of anilines is 1. The minimum Gasteiger partial charge on any atom is -0.383 e. The Kier molecular flexibility index (Phi) is 6.66. The molecule has 0 bridgehead atoms. The Labute approximate surface area is 132 Å². The van der Waals surface area contributed by atoms with Gasteiger partial charge in [0, 0.05) is 32.4 Å². The van der Waals surface area contributed by atoms with Crippen molar-refractivity contribution in [2.45, 2.75) is 26.3 Å². The van der Waals surface area contributed by atoms with E-state index in [-0.39, 0.29) is 11.9 Å². The lowest BCUT2D eigenvalue weighted by atomic mass is 10.3. The highest BCUT2D eigenvalue weighted by atomic mass is 79.9. The van der Waals surface area contributed by atoms with Gasteiger partial charge in [-0.05, 0) is 57.8 Å². The van der Waals surface area contributed by atoms with Crippen molar-refractivity contribution in [1.82, 2.24) is 5.32 Å². The highest BCUT2D eigenvalue weighted by Crippen LogP contribution is 2.34. The van der Waals surface area contributed by atoms with E-state index < -0.39 is 0 Å². The number of rotatable bonds is 5. The second-order valence-corrected chi connectivity index (χ2v) is 6.77. The maximum Gasteiger partial charge on any atom is 0.221 e. The summed E-state index contributed by atoms with van der Waals surface area (Å²) >= 11 is 10.4. The van der Waals surface area contributed by atoms with Crippen LogP contribution >= 0.6 is 47.8 Å². The van der Waals surface area contributed by atoms with E-state index in [0.717, 1.165) is 19.1 Å². The maximum atomic E-state index is 11.5. The zero-order valence-corrected chi connectivity index (χ0v) is 14.9. The van der Waals surface area contributed by atoms with Crippen molar-refractivity contribution in [2.75, 3.05) is 11.9 Å². The van der Waals surface area contributed by atoms with Crippen molar-refractivity contribution in [2.24, 2.45) is 0 Å². The second kappa shape index (κ2) is 7.50. The molecule has 0 radical (unpaired) electrons. The lowest BCUT2D eigenvalue weighted by molar-refractivity contribution is -0.121. The van der Waals surface area contributed by atoms with Gasteiger partial charge >= 0.3 is 0 Å². The zero-order chi connectivity index (χ0) is 13.7. The van der Waals surface area contributed by atoms with Crippen molar-refractivity contribution in [3.8, 4) is 0 Å². The first-order chi connectivity index (χ1) is 8.40. The van der Waals surface area contributed by atoms with Crippen LogP contribution in [0.25, 0.3) is 0 Å². The van der Waals surface area contributed by atoms with Gasteiger partial charge in [-0.3, -0.25) is 4.79 Å². The topological polar surface area (TPSA) is 41.1 Å². The van der Waals surface area contributed by atoms with Crippen LogP contribution in [0.2, 0.25) is 0 Å². The third-order valence-electron chi connectivity index (χ3n) is 2.11. The SMILES string of the molecule is CC(C)NC(=O)CCNc1c(Br)cc(Br)cc1Br. The van der Waals surface area contributed by atoms with Crippen molar-refractivity contribution >= 4 is 59.4 Å². The fourth-order valence-electron chi connectivity index (χ4n) is 1.41. The van der Waals surface area contributed by atoms with E-state index in [1.54, 1.807) is 0 Å². The summed E-state index contributed by atoms with van der Waals surface area (Å²) in [6.07, 6.45) is 0.452. The molecular formula is C12H15Br3N2O. The summed E-state index contributed by atoms with van der Waals surface area (Å²) in [7, 11) is 0. The van der Waals surface area contributed by atoms with Gasteiger partial charge in [-0.1, -0.05) is 15.9 Å². The number of nitrogens with one attached hydrogen (secondary N) is 2. The molecule has 6 heteroatoms. The number of hydrogen-bond acceptors (Lipinski definition) is 2. The molecule has 1 aromatic rings. The van der Waals surface area contributed by atoms with Gasteiger partial charge in [0.2, 0.25) is 5.91 Å². The van der Waals surface area contributed by atoms with Crippen LogP contribution in [0.5, 0.6) is 0 Å². The third kappa shape index (κ3) is 5.28. The van der Waals surface area contributed by atoms with Gasteiger partial charge in [0.1, 0.15) is 0 Å². The molecule has 1 rings (SSSR count). The number of benzene rings is 1. The van der Waals surface area contributed by atoms with Crippen molar-refractivity contribution < 1.29 is 4.79 Å². The van der Waals surface area contributed by atoms with Crippen LogP contribution in [-0.4, -0.2) is 18.5 Å². The third-order valence-corrected chi connectivity index (χ3v) is 3.82. The van der Waals surface area contributed by atoms with Crippen LogP contribution in [-0.2, 0) is 4.79 Å². The normalized spacial score (nSPS) is 10.6. The average Bonchev–Trinajstić information content (AvgIpc) is 2.20. The fraction of sp³-hybridized carbons (Fsp3) is 0.417. The monoisotopic (exact) mass is 440 g/mol. The van der Waals surface area contributed by atoms with Crippen molar-refractivity contribution in [3.05, 3.63) is 25.6 Å². The Morgan fingerprint density at radius 2 is 1.78 bits per heavy atom. The van der Waals surface area contributed by atoms with E-state index in [2.05, 4.69) is 58.4 Å². The van der Waals surface area contributed by atoms with Gasteiger partial charge in [-0.15, -0.1) is 0 Å². The molecule has 0 unspecified atom stereocenters. The standard InChI is InChI=1S/C12H15Br3N2O/c1-7(2)17-11(18)3-4-16-12-9(14)5-8(13)6-10(12)15/h5-7,16H,3-4H2,1-2H3,(H,17,18). The smallest absolute Gasteiger partial charge is 0.221 e. The maximum absolute atomic E-state index is 11.5. The summed E-state index contributed by atoms with van der Waals surface area (Å²) < 4.78 is 2.89. The summed E-state index contributed by atoms with van der Waals surface area (Å²) in [5.41, 5.74) is 0.954. The van der Waals surface area contributed by atoms with Crippen LogP contribution in [0.15, 0.2) is 25.6 Å². The number of carbonyl (C=O) groups excluding carboxylic acids is 1. The Bertz CT molecular complexity index is 412. The van der Waals surface area contributed by atoms with E-state index in [9.17, 15) is 4.79 Å². The Morgan fingerprint density at radius 1 is 1.22 bits per heavy atom. The Hall–Kier alpha value is -0.0700. The van der Waals surface area contributed by atoms with Gasteiger partial charge in [0.25, 0.3) is 0 Å². The summed E-state index contributed by atoms with van der Waals surface area (Å²) in [4.78, 5) is 11.5. The molecule has 0 aliphatic carbocycles. The highest BCUT2D eigenvalue weighted by Gasteiger charge is 2.08. The molecule has 0 aromatic heterocycles. The fourth-order valence-corrected chi connectivity index (χ4v) is 3.95. The van der Waals surface area contributed by atoms with Gasteiger partial charge in [-0.2, -0.15) is 0 Å². The molecule has 0 saturated carbocycles. The van der Waals surface area contributed by atoms with E-state index >= 15 is 0 Å². The Morgan fingerprint density at radius 3 is 2.28 bits per heavy atom. The van der Waals surface area contributed by atoms with Gasteiger partial charge in [0.15, 0.2) is 0 Å². The van der Waals surface area contributed by atoms with Gasteiger partial charge < -0.3 is 10.6 Å². The molecule has 0 aliphatic rings. The second-order valence-electron chi connectivity index (χ2n) is 4.14. The van der Waals surface area contributed by atoms with Crippen LogP contribution in [0, 0.1) is 0 Å². The minimum absolute atomic E-state index is 0.0573. The predicted octanol–water partition coefficient (Wildman–Crippen LogP) is 4.30. The van der Waals surface area contributed by atoms with Gasteiger partial charge in [0.05, 0.1) is 5.69 Å². The lowest BCUT2D eigenvalue weighted by Gasteiger charge is -2.12. The molecule has 3 nitrogen and oxygen atoms in total. The number of carbonyl (C=O) groups is 1. The summed E-state index contributed by atoms with van der Waals surface area (Å²) in [5, 5.41) is 6.09. The quantitative estimate of drug-likeness (QED) is 0.713. The van der Waals surface area contributed by atoms with Crippen molar-refractivity contribution in [3.63, 3.8) is 0 Å². The largest absolute Gasteiger partial charge is 0.383 e. The average molecular weight is 443 g/mol. The van der Waals surface area contributed by atoms with Gasteiger partial charge in [-0.25, -0.2) is 0 Å². The van der Waals surface area contributed by atoms with Crippen LogP contribution in [0.3, 0.4) is 0 Å². The van der Waals surface area contributed by atoms with Crippen LogP contribution in [0.1, 0.15) is 20.3 Å². The lowest BCUT2D eigenvalue weighted by Crippen LogP contribution is -2.31. The molecule has 0 heterocycles. The highest BCUT2D eigenvalue weighted by molar-refractivity contribution is 9.11. The molecule has 1 aromatic carbocycles. The summed E-state index contributed by atoms with van der Waals surface area (Å²) in [6, 6.07) is 4.10. The zero-order valence-electron chi connectivity index (χ0n) is 10.2. The Balaban J connectivity index is 2.52. The molecule has 0 atom stereocenters. The molecule has 2 N–H and O–H groups in total. The van der Waals surface area contributed by atoms with E-state index in [0.29, 0.717) is 13.0 Å². The van der Waals surface area contributed by atoms with E-state index in [1.165, 1.54) is 0 Å². The molecule has 0 spiro atoms. The molecule has 100 valence electrons. The number of hydrogen-bond donors (Lipinski definition) is 2. The summed E-state index contributed by atoms with van der Waals surface area (Å²) in [5.74, 6) is 0.0573. The molecule has 18 heavy (non-hydrogen) atoms. The van der Waals surface area contributed by atoms with E-state index in [4.69, 9.17) is 0 Å². The molecule has 0 saturated heterocycles. The molecule has 0 aliphatic heterocycles.